The molecular weight excluding hydrogens is 316 g/mol. The Morgan fingerprint density at radius 2 is 1.90 bits per heavy atom. The lowest BCUT2D eigenvalue weighted by Crippen LogP contribution is -2.42. The highest BCUT2D eigenvalue weighted by Crippen LogP contribution is 2.25. The molecule has 0 aliphatic carbocycles. The van der Waals surface area contributed by atoms with Crippen molar-refractivity contribution in [3.63, 3.8) is 0 Å². The fraction of sp³-hybridized carbons (Fsp3) is 1.00. The van der Waals surface area contributed by atoms with Crippen LogP contribution >= 0.6 is 0 Å². The molecule has 11 heteroatoms. The fourth-order valence-electron chi connectivity index (χ4n) is 1.99. The molecule has 0 saturated carbocycles. The summed E-state index contributed by atoms with van der Waals surface area (Å²) in [6, 6.07) is 0. The first-order chi connectivity index (χ1) is 9.19. The van der Waals surface area contributed by atoms with Crippen molar-refractivity contribution in [2.45, 2.75) is 29.7 Å². The lowest BCUT2D eigenvalue weighted by Gasteiger charge is -2.20. The molecular formula is C9H19O9S2+. The van der Waals surface area contributed by atoms with Gasteiger partial charge in [0.05, 0.1) is 13.2 Å². The molecule has 6 unspecified atom stereocenters. The SMILES string of the molecule is O=S(=O)(O)OC(CO)C(O)C[S+]1CC(O)C(O)C1CO. The fourth-order valence-corrected chi connectivity index (χ4v) is 5.20. The minimum absolute atomic E-state index is 0.0832. The van der Waals surface area contributed by atoms with E-state index in [1.54, 1.807) is 0 Å². The maximum Gasteiger partial charge on any atom is 0.397 e. The maximum absolute atomic E-state index is 10.6. The molecule has 1 aliphatic heterocycles. The van der Waals surface area contributed by atoms with Gasteiger partial charge in [0.25, 0.3) is 0 Å². The molecule has 0 aromatic carbocycles. The van der Waals surface area contributed by atoms with E-state index in [0.717, 1.165) is 0 Å². The third-order valence-electron chi connectivity index (χ3n) is 3.01. The minimum atomic E-state index is -4.82. The van der Waals surface area contributed by atoms with Gasteiger partial charge in [-0.15, -0.1) is 0 Å². The first-order valence-electron chi connectivity index (χ1n) is 5.77. The summed E-state index contributed by atoms with van der Waals surface area (Å²) in [5.41, 5.74) is 0. The van der Waals surface area contributed by atoms with Crippen LogP contribution in [0.15, 0.2) is 0 Å². The van der Waals surface area contributed by atoms with Gasteiger partial charge in [0.2, 0.25) is 0 Å². The Morgan fingerprint density at radius 3 is 2.35 bits per heavy atom. The first kappa shape index (κ1) is 18.1. The van der Waals surface area contributed by atoms with Crippen LogP contribution in [0.5, 0.6) is 0 Å². The largest absolute Gasteiger partial charge is 0.397 e. The van der Waals surface area contributed by atoms with Gasteiger partial charge in [-0.3, -0.25) is 4.55 Å². The van der Waals surface area contributed by atoms with E-state index in [2.05, 4.69) is 4.18 Å². The van der Waals surface area contributed by atoms with Crippen LogP contribution in [-0.2, 0) is 25.5 Å². The molecule has 0 spiro atoms. The highest BCUT2D eigenvalue weighted by atomic mass is 32.3. The highest BCUT2D eigenvalue weighted by Gasteiger charge is 2.50. The Bertz CT molecular complexity index is 400. The van der Waals surface area contributed by atoms with Crippen molar-refractivity contribution in [3.05, 3.63) is 0 Å². The molecule has 1 heterocycles. The summed E-state index contributed by atoms with van der Waals surface area (Å²) in [4.78, 5) is 0. The van der Waals surface area contributed by atoms with Crippen molar-refractivity contribution >= 4 is 21.3 Å². The standard InChI is InChI=1S/C9H18O9S2/c10-1-7(18-20(15,16)17)5(12)3-19-4-6(13)9(14)8(19)2-11/h5-14H,1-4H2/p+1. The number of aliphatic hydroxyl groups excluding tert-OH is 5. The van der Waals surface area contributed by atoms with E-state index in [9.17, 15) is 23.7 Å². The molecule has 9 nitrogen and oxygen atoms in total. The zero-order chi connectivity index (χ0) is 15.5. The van der Waals surface area contributed by atoms with Crippen LogP contribution < -0.4 is 0 Å². The van der Waals surface area contributed by atoms with Crippen LogP contribution in [0, 0.1) is 0 Å². The van der Waals surface area contributed by atoms with Crippen LogP contribution in [0.2, 0.25) is 0 Å². The van der Waals surface area contributed by atoms with Crippen LogP contribution in [0.1, 0.15) is 0 Å². The lowest BCUT2D eigenvalue weighted by atomic mass is 10.2. The number of hydrogen-bond donors (Lipinski definition) is 6. The van der Waals surface area contributed by atoms with Gasteiger partial charge in [-0.2, -0.15) is 8.42 Å². The Hall–Kier alpha value is 0.0200. The van der Waals surface area contributed by atoms with E-state index in [1.807, 2.05) is 0 Å². The topological polar surface area (TPSA) is 165 Å². The molecule has 1 rings (SSSR count). The molecule has 1 aliphatic rings. The van der Waals surface area contributed by atoms with Gasteiger partial charge < -0.3 is 25.5 Å². The summed E-state index contributed by atoms with van der Waals surface area (Å²) in [7, 11) is -5.59. The molecule has 0 aromatic rings. The summed E-state index contributed by atoms with van der Waals surface area (Å²) in [6.45, 7) is -1.23. The Morgan fingerprint density at radius 1 is 1.30 bits per heavy atom. The molecule has 0 bridgehead atoms. The van der Waals surface area contributed by atoms with Crippen LogP contribution in [0.4, 0.5) is 0 Å². The summed E-state index contributed by atoms with van der Waals surface area (Å²) in [6.07, 6.45) is -5.13. The van der Waals surface area contributed by atoms with Crippen molar-refractivity contribution in [3.8, 4) is 0 Å². The van der Waals surface area contributed by atoms with Gasteiger partial charge in [-0.1, -0.05) is 0 Å². The van der Waals surface area contributed by atoms with E-state index >= 15 is 0 Å². The first-order valence-corrected chi connectivity index (χ1v) is 8.76. The van der Waals surface area contributed by atoms with E-state index in [-0.39, 0.29) is 11.5 Å². The Labute approximate surface area is 119 Å². The molecule has 20 heavy (non-hydrogen) atoms. The lowest BCUT2D eigenvalue weighted by molar-refractivity contribution is 0.0112. The molecule has 0 radical (unpaired) electrons. The van der Waals surface area contributed by atoms with Crippen LogP contribution in [-0.4, -0.2) is 92.9 Å². The average Bonchev–Trinajstić information content (AvgIpc) is 2.60. The molecule has 0 aromatic heterocycles. The zero-order valence-electron chi connectivity index (χ0n) is 10.4. The number of aliphatic hydroxyl groups is 5. The van der Waals surface area contributed by atoms with E-state index in [1.165, 1.54) is 0 Å². The van der Waals surface area contributed by atoms with E-state index in [0.29, 0.717) is 0 Å². The van der Waals surface area contributed by atoms with Gasteiger partial charge >= 0.3 is 10.4 Å². The predicted octanol–water partition coefficient (Wildman–Crippen LogP) is -3.76. The van der Waals surface area contributed by atoms with Crippen molar-refractivity contribution in [2.24, 2.45) is 0 Å². The molecule has 6 N–H and O–H groups in total. The minimum Gasteiger partial charge on any atom is -0.394 e. The van der Waals surface area contributed by atoms with Crippen molar-refractivity contribution in [2.75, 3.05) is 24.7 Å². The van der Waals surface area contributed by atoms with E-state index < -0.39 is 64.2 Å². The van der Waals surface area contributed by atoms with Gasteiger partial charge in [-0.25, -0.2) is 4.18 Å². The van der Waals surface area contributed by atoms with Crippen LogP contribution in [0.3, 0.4) is 0 Å². The van der Waals surface area contributed by atoms with E-state index in [4.69, 9.17) is 14.8 Å². The molecule has 6 atom stereocenters. The third-order valence-corrected chi connectivity index (χ3v) is 6.32. The predicted molar refractivity (Wildman–Crippen MR) is 69.5 cm³/mol. The second kappa shape index (κ2) is 7.33. The van der Waals surface area contributed by atoms with Gasteiger partial charge in [0.1, 0.15) is 35.9 Å². The van der Waals surface area contributed by atoms with Crippen LogP contribution in [0.25, 0.3) is 0 Å². The Kier molecular flexibility index (Phi) is 6.63. The van der Waals surface area contributed by atoms with Gasteiger partial charge in [0, 0.05) is 10.9 Å². The smallest absolute Gasteiger partial charge is 0.394 e. The van der Waals surface area contributed by atoms with Gasteiger partial charge in [-0.05, 0) is 0 Å². The second-order valence-electron chi connectivity index (χ2n) is 4.46. The Balaban J connectivity index is 2.66. The number of rotatable bonds is 7. The van der Waals surface area contributed by atoms with Crippen molar-refractivity contribution in [1.29, 1.82) is 0 Å². The quantitative estimate of drug-likeness (QED) is 0.202. The molecule has 1 fully saturated rings. The maximum atomic E-state index is 10.6. The van der Waals surface area contributed by atoms with Crippen molar-refractivity contribution < 1.29 is 42.7 Å². The van der Waals surface area contributed by atoms with Crippen molar-refractivity contribution in [1.82, 2.24) is 0 Å². The monoisotopic (exact) mass is 335 g/mol. The number of hydrogen-bond acceptors (Lipinski definition) is 8. The normalized spacial score (nSPS) is 34.1. The summed E-state index contributed by atoms with van der Waals surface area (Å²) < 4.78 is 33.8. The summed E-state index contributed by atoms with van der Waals surface area (Å²) >= 11 is 0. The summed E-state index contributed by atoms with van der Waals surface area (Å²) in [5, 5.41) is 46.4. The molecule has 1 saturated heterocycles. The zero-order valence-corrected chi connectivity index (χ0v) is 12.1. The molecule has 0 amide bonds. The average molecular weight is 335 g/mol. The van der Waals surface area contributed by atoms with Gasteiger partial charge in [0.15, 0.2) is 5.25 Å². The highest BCUT2D eigenvalue weighted by molar-refractivity contribution is 7.97. The summed E-state index contributed by atoms with van der Waals surface area (Å²) in [5.74, 6) is 0.0631. The molecule has 120 valence electrons. The third kappa shape index (κ3) is 4.79. The second-order valence-corrected chi connectivity index (χ2v) is 7.86.